The van der Waals surface area contributed by atoms with Gasteiger partial charge in [0.15, 0.2) is 0 Å². The topological polar surface area (TPSA) is 55.9 Å². The molecule has 0 saturated carbocycles. The normalized spacial score (nSPS) is 17.4. The molecule has 0 aromatic heterocycles. The van der Waals surface area contributed by atoms with Gasteiger partial charge < -0.3 is 9.47 Å². The van der Waals surface area contributed by atoms with E-state index in [9.17, 15) is 8.42 Å². The van der Waals surface area contributed by atoms with Crippen LogP contribution in [0.25, 0.3) is 0 Å². The average molecular weight is 403 g/mol. The van der Waals surface area contributed by atoms with E-state index >= 15 is 0 Å². The summed E-state index contributed by atoms with van der Waals surface area (Å²) in [5.74, 6) is 0.609. The van der Waals surface area contributed by atoms with Crippen molar-refractivity contribution in [2.24, 2.45) is 0 Å². The van der Waals surface area contributed by atoms with Gasteiger partial charge in [0.25, 0.3) is 0 Å². The van der Waals surface area contributed by atoms with Gasteiger partial charge in [0, 0.05) is 0 Å². The lowest BCUT2D eigenvalue weighted by atomic mass is 9.86. The van der Waals surface area contributed by atoms with Crippen molar-refractivity contribution < 1.29 is 17.9 Å². The monoisotopic (exact) mass is 402 g/mol. The van der Waals surface area contributed by atoms with Crippen molar-refractivity contribution in [3.63, 3.8) is 0 Å². The fourth-order valence-corrected chi connectivity index (χ4v) is 4.89. The van der Waals surface area contributed by atoms with E-state index in [0.29, 0.717) is 23.9 Å². The number of epoxide rings is 1. The molecule has 2 aromatic rings. The van der Waals surface area contributed by atoms with Crippen LogP contribution in [-0.2, 0) is 25.4 Å². The molecule has 28 heavy (non-hydrogen) atoms. The van der Waals surface area contributed by atoms with Crippen molar-refractivity contribution in [3.05, 3.63) is 53.6 Å². The SMILES string of the molecule is CC(C)(C)c1ccc(S(=O)(=O)c2ccccc2C(C)(C)C)cc1OCC1CO1. The molecule has 1 atom stereocenters. The maximum absolute atomic E-state index is 13.5. The molecular formula is C23H30O4S. The largest absolute Gasteiger partial charge is 0.490 e. The number of benzene rings is 2. The van der Waals surface area contributed by atoms with Crippen molar-refractivity contribution in [3.8, 4) is 5.75 Å². The second kappa shape index (κ2) is 7.20. The molecule has 0 radical (unpaired) electrons. The highest BCUT2D eigenvalue weighted by Crippen LogP contribution is 2.37. The molecule has 3 rings (SSSR count). The average Bonchev–Trinajstić information content (AvgIpc) is 3.42. The van der Waals surface area contributed by atoms with E-state index in [1.165, 1.54) is 0 Å². The van der Waals surface area contributed by atoms with Gasteiger partial charge >= 0.3 is 0 Å². The molecule has 0 spiro atoms. The molecule has 5 heteroatoms. The van der Waals surface area contributed by atoms with Crippen molar-refractivity contribution in [1.29, 1.82) is 0 Å². The molecule has 0 amide bonds. The molecule has 1 saturated heterocycles. The standard InChI is InChI=1S/C23H30O4S/c1-22(2,3)18-12-11-17(13-20(18)27-15-16-14-26-16)28(24,25)21-10-8-7-9-19(21)23(4,5)6/h7-13,16H,14-15H2,1-6H3. The Labute approximate surface area is 168 Å². The van der Waals surface area contributed by atoms with E-state index in [0.717, 1.165) is 11.1 Å². The predicted octanol–water partition coefficient (Wildman–Crippen LogP) is 4.89. The summed E-state index contributed by atoms with van der Waals surface area (Å²) in [5, 5.41) is 0. The Hall–Kier alpha value is -1.85. The molecule has 0 aliphatic carbocycles. The lowest BCUT2D eigenvalue weighted by Crippen LogP contribution is -2.18. The summed E-state index contributed by atoms with van der Waals surface area (Å²) in [6.45, 7) is 13.5. The van der Waals surface area contributed by atoms with Crippen LogP contribution in [0.15, 0.2) is 52.3 Å². The first-order valence-corrected chi connectivity index (χ1v) is 11.1. The van der Waals surface area contributed by atoms with Gasteiger partial charge in [0.05, 0.1) is 16.4 Å². The maximum atomic E-state index is 13.5. The summed E-state index contributed by atoms with van der Waals surface area (Å²) in [6, 6.07) is 12.5. The van der Waals surface area contributed by atoms with E-state index in [1.54, 1.807) is 24.3 Å². The van der Waals surface area contributed by atoms with Crippen LogP contribution in [0.2, 0.25) is 0 Å². The third-order valence-corrected chi connectivity index (χ3v) is 6.69. The van der Waals surface area contributed by atoms with Gasteiger partial charge in [0.2, 0.25) is 9.84 Å². The summed E-state index contributed by atoms with van der Waals surface area (Å²) >= 11 is 0. The molecule has 1 heterocycles. The van der Waals surface area contributed by atoms with Gasteiger partial charge in [-0.3, -0.25) is 0 Å². The summed E-state index contributed by atoms with van der Waals surface area (Å²) in [7, 11) is -3.67. The number of hydrogen-bond acceptors (Lipinski definition) is 4. The van der Waals surface area contributed by atoms with Crippen molar-refractivity contribution in [2.75, 3.05) is 13.2 Å². The third kappa shape index (κ3) is 4.41. The lowest BCUT2D eigenvalue weighted by molar-refractivity contribution is 0.257. The fourth-order valence-electron chi connectivity index (χ4n) is 3.20. The van der Waals surface area contributed by atoms with Crippen LogP contribution in [0.4, 0.5) is 0 Å². The second-order valence-electron chi connectivity index (χ2n) is 9.42. The third-order valence-electron chi connectivity index (χ3n) is 4.88. The zero-order valence-electron chi connectivity index (χ0n) is 17.6. The van der Waals surface area contributed by atoms with Gasteiger partial charge in [-0.2, -0.15) is 0 Å². The quantitative estimate of drug-likeness (QED) is 0.668. The zero-order valence-corrected chi connectivity index (χ0v) is 18.4. The highest BCUT2D eigenvalue weighted by Gasteiger charge is 2.30. The molecule has 2 aromatic carbocycles. The fraction of sp³-hybridized carbons (Fsp3) is 0.478. The minimum atomic E-state index is -3.67. The number of hydrogen-bond donors (Lipinski definition) is 0. The van der Waals surface area contributed by atoms with Crippen LogP contribution >= 0.6 is 0 Å². The highest BCUT2D eigenvalue weighted by atomic mass is 32.2. The Morgan fingerprint density at radius 1 is 0.964 bits per heavy atom. The smallest absolute Gasteiger partial charge is 0.207 e. The molecular weight excluding hydrogens is 372 g/mol. The van der Waals surface area contributed by atoms with E-state index in [-0.39, 0.29) is 21.8 Å². The van der Waals surface area contributed by atoms with Crippen LogP contribution < -0.4 is 4.74 Å². The highest BCUT2D eigenvalue weighted by molar-refractivity contribution is 7.91. The molecule has 0 N–H and O–H groups in total. The molecule has 0 bridgehead atoms. The molecule has 1 aliphatic rings. The molecule has 1 aliphatic heterocycles. The van der Waals surface area contributed by atoms with Gasteiger partial charge in [-0.1, -0.05) is 65.8 Å². The van der Waals surface area contributed by atoms with Crippen LogP contribution in [0.1, 0.15) is 52.7 Å². The molecule has 1 fully saturated rings. The summed E-state index contributed by atoms with van der Waals surface area (Å²) in [6.07, 6.45) is 0.106. The van der Waals surface area contributed by atoms with Crippen molar-refractivity contribution >= 4 is 9.84 Å². The van der Waals surface area contributed by atoms with E-state index < -0.39 is 9.84 Å². The first-order valence-electron chi connectivity index (χ1n) is 9.64. The predicted molar refractivity (Wildman–Crippen MR) is 111 cm³/mol. The van der Waals surface area contributed by atoms with Gasteiger partial charge in [0.1, 0.15) is 18.5 Å². The Balaban J connectivity index is 2.09. The molecule has 1 unspecified atom stereocenters. The van der Waals surface area contributed by atoms with Crippen LogP contribution in [-0.4, -0.2) is 27.7 Å². The van der Waals surface area contributed by atoms with Crippen molar-refractivity contribution in [2.45, 2.75) is 68.3 Å². The van der Waals surface area contributed by atoms with E-state index in [1.807, 2.05) is 39.0 Å². The van der Waals surface area contributed by atoms with Gasteiger partial charge in [-0.15, -0.1) is 0 Å². The minimum Gasteiger partial charge on any atom is -0.490 e. The summed E-state index contributed by atoms with van der Waals surface area (Å²) in [4.78, 5) is 0.603. The first-order chi connectivity index (χ1) is 12.9. The first kappa shape index (κ1) is 20.9. The maximum Gasteiger partial charge on any atom is 0.207 e. The van der Waals surface area contributed by atoms with Gasteiger partial charge in [-0.25, -0.2) is 8.42 Å². The van der Waals surface area contributed by atoms with Crippen LogP contribution in [0.3, 0.4) is 0 Å². The Morgan fingerprint density at radius 3 is 2.14 bits per heavy atom. The molecule has 152 valence electrons. The van der Waals surface area contributed by atoms with Crippen molar-refractivity contribution in [1.82, 2.24) is 0 Å². The Kier molecular flexibility index (Phi) is 5.36. The van der Waals surface area contributed by atoms with E-state index in [4.69, 9.17) is 9.47 Å². The van der Waals surface area contributed by atoms with Crippen LogP contribution in [0.5, 0.6) is 5.75 Å². The molecule has 4 nitrogen and oxygen atoms in total. The zero-order chi connectivity index (χ0) is 20.7. The Bertz CT molecular complexity index is 959. The summed E-state index contributed by atoms with van der Waals surface area (Å²) < 4.78 is 38.2. The number of ether oxygens (including phenoxy) is 2. The summed E-state index contributed by atoms with van der Waals surface area (Å²) in [5.41, 5.74) is 1.35. The minimum absolute atomic E-state index is 0.106. The number of rotatable bonds is 5. The second-order valence-corrected chi connectivity index (χ2v) is 11.3. The Morgan fingerprint density at radius 2 is 1.57 bits per heavy atom. The van der Waals surface area contributed by atoms with Crippen LogP contribution in [0, 0.1) is 0 Å². The lowest BCUT2D eigenvalue weighted by Gasteiger charge is -2.25. The number of sulfone groups is 1. The van der Waals surface area contributed by atoms with E-state index in [2.05, 4.69) is 20.8 Å². The van der Waals surface area contributed by atoms with Gasteiger partial charge in [-0.05, 0) is 40.2 Å².